The van der Waals surface area contributed by atoms with Crippen molar-refractivity contribution >= 4 is 11.4 Å². The van der Waals surface area contributed by atoms with Gasteiger partial charge in [0.05, 0.1) is 25.1 Å². The summed E-state index contributed by atoms with van der Waals surface area (Å²) in [5.74, 6) is 0.526. The summed E-state index contributed by atoms with van der Waals surface area (Å²) in [5.41, 5.74) is 6.99. The van der Waals surface area contributed by atoms with Gasteiger partial charge in [-0.1, -0.05) is 0 Å². The molecule has 0 aliphatic heterocycles. The van der Waals surface area contributed by atoms with Crippen LogP contribution in [0, 0.1) is 11.7 Å². The van der Waals surface area contributed by atoms with Gasteiger partial charge >= 0.3 is 0 Å². The molecule has 0 radical (unpaired) electrons. The summed E-state index contributed by atoms with van der Waals surface area (Å²) in [6, 6.07) is 2.90. The molecule has 1 aliphatic rings. The van der Waals surface area contributed by atoms with E-state index in [9.17, 15) is 4.39 Å². The van der Waals surface area contributed by atoms with Crippen LogP contribution in [0.5, 0.6) is 5.75 Å². The van der Waals surface area contributed by atoms with Crippen molar-refractivity contribution < 1.29 is 13.9 Å². The predicted octanol–water partition coefficient (Wildman–Crippen LogP) is 2.28. The van der Waals surface area contributed by atoms with Crippen LogP contribution < -0.4 is 15.4 Å². The molecule has 2 N–H and O–H groups in total. The van der Waals surface area contributed by atoms with Gasteiger partial charge in [-0.2, -0.15) is 0 Å². The number of benzene rings is 1. The van der Waals surface area contributed by atoms with E-state index in [1.54, 1.807) is 6.07 Å². The van der Waals surface area contributed by atoms with Gasteiger partial charge in [-0.15, -0.1) is 0 Å². The number of rotatable bonds is 7. The Kier molecular flexibility index (Phi) is 4.47. The van der Waals surface area contributed by atoms with Crippen LogP contribution in [0.2, 0.25) is 0 Å². The average molecular weight is 268 g/mol. The highest BCUT2D eigenvalue weighted by Crippen LogP contribution is 2.30. The van der Waals surface area contributed by atoms with Crippen molar-refractivity contribution in [1.29, 1.82) is 0 Å². The zero-order valence-corrected chi connectivity index (χ0v) is 11.5. The number of ether oxygens (including phenoxy) is 2. The Morgan fingerprint density at radius 2 is 2.16 bits per heavy atom. The van der Waals surface area contributed by atoms with Gasteiger partial charge in [0, 0.05) is 32.3 Å². The van der Waals surface area contributed by atoms with Crippen LogP contribution in [0.3, 0.4) is 0 Å². The number of nitrogens with two attached hydrogens (primary N) is 1. The Hall–Kier alpha value is -1.49. The molecule has 0 atom stereocenters. The van der Waals surface area contributed by atoms with E-state index in [1.807, 2.05) is 11.9 Å². The fraction of sp³-hybridized carbons (Fsp3) is 0.571. The number of likely N-dealkylation sites (N-methyl/N-ethyl adjacent to an activating group) is 1. The van der Waals surface area contributed by atoms with Crippen LogP contribution in [0.4, 0.5) is 15.8 Å². The van der Waals surface area contributed by atoms with Gasteiger partial charge in [0.1, 0.15) is 0 Å². The molecule has 2 rings (SSSR count). The second kappa shape index (κ2) is 6.10. The summed E-state index contributed by atoms with van der Waals surface area (Å²) >= 11 is 0. The van der Waals surface area contributed by atoms with E-state index in [-0.39, 0.29) is 5.75 Å². The largest absolute Gasteiger partial charge is 0.494 e. The quantitative estimate of drug-likeness (QED) is 0.609. The van der Waals surface area contributed by atoms with Crippen LogP contribution in [0.25, 0.3) is 0 Å². The number of methoxy groups -OCH3 is 1. The summed E-state index contributed by atoms with van der Waals surface area (Å²) in [6.45, 7) is 2.20. The highest BCUT2D eigenvalue weighted by molar-refractivity contribution is 5.69. The molecule has 0 spiro atoms. The molecule has 1 saturated carbocycles. The van der Waals surface area contributed by atoms with Gasteiger partial charge < -0.3 is 20.1 Å². The van der Waals surface area contributed by atoms with Crippen molar-refractivity contribution in [3.05, 3.63) is 17.9 Å². The van der Waals surface area contributed by atoms with Gasteiger partial charge in [-0.25, -0.2) is 4.39 Å². The Morgan fingerprint density at radius 1 is 1.42 bits per heavy atom. The van der Waals surface area contributed by atoms with Crippen molar-refractivity contribution in [2.45, 2.75) is 12.8 Å². The average Bonchev–Trinajstić information content (AvgIpc) is 3.18. The van der Waals surface area contributed by atoms with Crippen molar-refractivity contribution in [3.8, 4) is 5.75 Å². The van der Waals surface area contributed by atoms with E-state index in [2.05, 4.69) is 0 Å². The minimum absolute atomic E-state index is 0.204. The maximum Gasteiger partial charge on any atom is 0.167 e. The van der Waals surface area contributed by atoms with Gasteiger partial charge in [-0.05, 0) is 18.8 Å². The van der Waals surface area contributed by atoms with E-state index in [0.717, 1.165) is 18.2 Å². The molecule has 5 heteroatoms. The number of nitrogen functional groups attached to an aromatic ring is 1. The lowest BCUT2D eigenvalue weighted by Crippen LogP contribution is -2.24. The molecule has 19 heavy (non-hydrogen) atoms. The first-order chi connectivity index (χ1) is 9.11. The Bertz CT molecular complexity index is 436. The SMILES string of the molecule is COc1cc(N(C)CCOCC2CC2)c(N)cc1F. The number of halogens is 1. The maximum absolute atomic E-state index is 13.4. The molecule has 0 amide bonds. The summed E-state index contributed by atoms with van der Waals surface area (Å²) < 4.78 is 24.0. The first-order valence-corrected chi connectivity index (χ1v) is 6.53. The van der Waals surface area contributed by atoms with E-state index in [4.69, 9.17) is 15.2 Å². The number of anilines is 2. The first kappa shape index (κ1) is 13.9. The molecular weight excluding hydrogens is 247 g/mol. The summed E-state index contributed by atoms with van der Waals surface area (Å²) in [7, 11) is 3.35. The van der Waals surface area contributed by atoms with Crippen molar-refractivity contribution in [1.82, 2.24) is 0 Å². The molecule has 4 nitrogen and oxygen atoms in total. The minimum atomic E-state index is -0.442. The summed E-state index contributed by atoms with van der Waals surface area (Å²) in [5, 5.41) is 0. The van der Waals surface area contributed by atoms with Gasteiger partial charge in [-0.3, -0.25) is 0 Å². The molecule has 0 unspecified atom stereocenters. The molecule has 106 valence electrons. The fourth-order valence-electron chi connectivity index (χ4n) is 1.90. The lowest BCUT2D eigenvalue weighted by molar-refractivity contribution is 0.131. The standard InChI is InChI=1S/C14H21FN2O2/c1-17(5-6-19-9-10-3-4-10)13-8-14(18-2)11(15)7-12(13)16/h7-8,10H,3-6,9,16H2,1-2H3. The lowest BCUT2D eigenvalue weighted by atomic mass is 10.2. The topological polar surface area (TPSA) is 47.7 Å². The first-order valence-electron chi connectivity index (χ1n) is 6.53. The lowest BCUT2D eigenvalue weighted by Gasteiger charge is -2.22. The third-order valence-electron chi connectivity index (χ3n) is 3.33. The molecule has 0 saturated heterocycles. The normalized spacial score (nSPS) is 14.5. The third kappa shape index (κ3) is 3.73. The molecule has 0 aromatic heterocycles. The van der Waals surface area contributed by atoms with E-state index < -0.39 is 5.82 Å². The molecule has 1 aliphatic carbocycles. The van der Waals surface area contributed by atoms with Crippen molar-refractivity contribution in [2.24, 2.45) is 5.92 Å². The second-order valence-electron chi connectivity index (χ2n) is 4.99. The van der Waals surface area contributed by atoms with Gasteiger partial charge in [0.2, 0.25) is 0 Å². The molecule has 0 heterocycles. The molecule has 1 fully saturated rings. The predicted molar refractivity (Wildman–Crippen MR) is 74.2 cm³/mol. The van der Waals surface area contributed by atoms with Crippen molar-refractivity contribution in [3.63, 3.8) is 0 Å². The van der Waals surface area contributed by atoms with E-state index >= 15 is 0 Å². The van der Waals surface area contributed by atoms with Crippen LogP contribution >= 0.6 is 0 Å². The van der Waals surface area contributed by atoms with Crippen LogP contribution in [-0.2, 0) is 4.74 Å². The maximum atomic E-state index is 13.4. The second-order valence-corrected chi connectivity index (χ2v) is 4.99. The van der Waals surface area contributed by atoms with E-state index in [0.29, 0.717) is 18.8 Å². The number of hydrogen-bond donors (Lipinski definition) is 1. The summed E-state index contributed by atoms with van der Waals surface area (Å²) in [6.07, 6.45) is 2.58. The van der Waals surface area contributed by atoms with Crippen LogP contribution in [0.1, 0.15) is 12.8 Å². The zero-order valence-electron chi connectivity index (χ0n) is 11.5. The molecule has 0 bridgehead atoms. The highest BCUT2D eigenvalue weighted by atomic mass is 19.1. The molecule has 1 aromatic carbocycles. The van der Waals surface area contributed by atoms with Crippen molar-refractivity contribution in [2.75, 3.05) is 44.5 Å². The monoisotopic (exact) mass is 268 g/mol. The molecular formula is C14H21FN2O2. The van der Waals surface area contributed by atoms with E-state index in [1.165, 1.54) is 26.0 Å². The minimum Gasteiger partial charge on any atom is -0.494 e. The number of nitrogens with zero attached hydrogens (tertiary/aromatic N) is 1. The smallest absolute Gasteiger partial charge is 0.167 e. The fourth-order valence-corrected chi connectivity index (χ4v) is 1.90. The van der Waals surface area contributed by atoms with Crippen LogP contribution in [-0.4, -0.2) is 33.9 Å². The van der Waals surface area contributed by atoms with Crippen LogP contribution in [0.15, 0.2) is 12.1 Å². The third-order valence-corrected chi connectivity index (χ3v) is 3.33. The molecule has 1 aromatic rings. The Labute approximate surface area is 113 Å². The Morgan fingerprint density at radius 3 is 2.79 bits per heavy atom. The Balaban J connectivity index is 1.90. The zero-order chi connectivity index (χ0) is 13.8. The van der Waals surface area contributed by atoms with Gasteiger partial charge in [0.15, 0.2) is 11.6 Å². The highest BCUT2D eigenvalue weighted by Gasteiger charge is 2.21. The van der Waals surface area contributed by atoms with Gasteiger partial charge in [0.25, 0.3) is 0 Å². The number of hydrogen-bond acceptors (Lipinski definition) is 4. The summed E-state index contributed by atoms with van der Waals surface area (Å²) in [4.78, 5) is 1.95.